The Bertz CT molecular complexity index is 1080. The van der Waals surface area contributed by atoms with Gasteiger partial charge in [0.25, 0.3) is 11.8 Å². The summed E-state index contributed by atoms with van der Waals surface area (Å²) in [5.74, 6) is -4.18. The van der Waals surface area contributed by atoms with Gasteiger partial charge in [0.15, 0.2) is 11.4 Å². The first kappa shape index (κ1) is 25.0. The quantitative estimate of drug-likeness (QED) is 0.263. The zero-order valence-corrected chi connectivity index (χ0v) is 18.6. The third-order valence-corrected chi connectivity index (χ3v) is 5.47. The molecular formula is C21H21F4N3O6. The average Bonchev–Trinajstić information content (AvgIpc) is 3.52. The minimum absolute atomic E-state index is 0.123. The third-order valence-electron chi connectivity index (χ3n) is 5.47. The Hall–Kier alpha value is -3.64. The summed E-state index contributed by atoms with van der Waals surface area (Å²) in [5, 5.41) is 0. The maximum atomic E-state index is 14.9. The van der Waals surface area contributed by atoms with E-state index in [1.165, 1.54) is 6.92 Å². The van der Waals surface area contributed by atoms with Crippen molar-refractivity contribution >= 4 is 35.6 Å². The van der Waals surface area contributed by atoms with Crippen LogP contribution in [-0.4, -0.2) is 68.1 Å². The highest BCUT2D eigenvalue weighted by molar-refractivity contribution is 6.14. The first-order chi connectivity index (χ1) is 15.8. The van der Waals surface area contributed by atoms with Crippen LogP contribution >= 0.6 is 0 Å². The number of rotatable bonds is 6. The number of halogens is 4. The number of hydrogen-bond donors (Lipinski definition) is 0. The highest BCUT2D eigenvalue weighted by Gasteiger charge is 2.59. The molecule has 0 radical (unpaired) electrons. The number of allylic oxidation sites excluding steroid dienone is 1. The molecular weight excluding hydrogens is 466 g/mol. The Morgan fingerprint density at radius 1 is 1.26 bits per heavy atom. The number of esters is 1. The molecule has 184 valence electrons. The second-order valence-electron chi connectivity index (χ2n) is 7.98. The van der Waals surface area contributed by atoms with Crippen molar-refractivity contribution in [3.63, 3.8) is 0 Å². The maximum absolute atomic E-state index is 14.9. The van der Waals surface area contributed by atoms with E-state index in [4.69, 9.17) is 4.74 Å². The molecule has 3 rings (SSSR count). The van der Waals surface area contributed by atoms with Crippen molar-refractivity contribution in [3.05, 3.63) is 29.7 Å². The predicted octanol–water partition coefficient (Wildman–Crippen LogP) is 2.14. The van der Waals surface area contributed by atoms with Crippen LogP contribution in [0.5, 0.6) is 5.75 Å². The fourth-order valence-electron chi connectivity index (χ4n) is 3.54. The Labute approximate surface area is 191 Å². The molecule has 13 heteroatoms. The van der Waals surface area contributed by atoms with Gasteiger partial charge in [-0.25, -0.2) is 14.1 Å². The maximum Gasteiger partial charge on any atom is 0.431 e. The smallest absolute Gasteiger partial charge is 0.431 e. The van der Waals surface area contributed by atoms with Gasteiger partial charge >= 0.3 is 12.1 Å². The first-order valence-corrected chi connectivity index (χ1v) is 9.96. The zero-order chi connectivity index (χ0) is 25.6. The molecule has 1 unspecified atom stereocenters. The van der Waals surface area contributed by atoms with Gasteiger partial charge in [0.05, 0.1) is 18.5 Å². The van der Waals surface area contributed by atoms with Crippen molar-refractivity contribution in [1.29, 1.82) is 0 Å². The molecule has 1 saturated carbocycles. The number of anilines is 2. The van der Waals surface area contributed by atoms with Crippen molar-refractivity contribution in [2.45, 2.75) is 37.6 Å². The lowest BCUT2D eigenvalue weighted by molar-refractivity contribution is -0.144. The van der Waals surface area contributed by atoms with Crippen LogP contribution in [0.4, 0.5) is 28.9 Å². The van der Waals surface area contributed by atoms with E-state index in [0.29, 0.717) is 17.7 Å². The van der Waals surface area contributed by atoms with Crippen LogP contribution < -0.4 is 14.5 Å². The molecule has 1 atom stereocenters. The number of nitrogens with zero attached hydrogens (tertiary/aromatic N) is 3. The standard InChI is InChI=1S/C21H21F4N3O6/c1-11(18(31)33-4)28-14-8-13(12(22)7-15(14)34-20(5-6-20)19(28)32)27(10-29)17(30)9-16(26(2)3)21(23,24)25/h7-11H,5-6H2,1-4H3/b16-9-. The summed E-state index contributed by atoms with van der Waals surface area (Å²) in [6.45, 7) is 1.36. The highest BCUT2D eigenvalue weighted by atomic mass is 19.4. The Balaban J connectivity index is 2.11. The molecule has 1 heterocycles. The van der Waals surface area contributed by atoms with Gasteiger partial charge in [-0.1, -0.05) is 0 Å². The van der Waals surface area contributed by atoms with Gasteiger partial charge in [0.1, 0.15) is 17.5 Å². The largest absolute Gasteiger partial charge is 0.475 e. The number of hydrogen-bond acceptors (Lipinski definition) is 7. The van der Waals surface area contributed by atoms with Crippen LogP contribution in [0.25, 0.3) is 0 Å². The molecule has 0 saturated heterocycles. The number of methoxy groups -OCH3 is 1. The van der Waals surface area contributed by atoms with E-state index in [-0.39, 0.29) is 28.8 Å². The number of carbonyl (C=O) groups excluding carboxylic acids is 4. The second-order valence-corrected chi connectivity index (χ2v) is 7.98. The fourth-order valence-corrected chi connectivity index (χ4v) is 3.54. The van der Waals surface area contributed by atoms with Crippen LogP contribution in [0.1, 0.15) is 19.8 Å². The fraction of sp³-hybridized carbons (Fsp3) is 0.429. The molecule has 9 nitrogen and oxygen atoms in total. The molecule has 1 spiro atoms. The van der Waals surface area contributed by atoms with E-state index in [1.54, 1.807) is 0 Å². The molecule has 1 aliphatic heterocycles. The molecule has 1 aromatic carbocycles. The van der Waals surface area contributed by atoms with Gasteiger partial charge in [0, 0.05) is 39.1 Å². The average molecular weight is 487 g/mol. The predicted molar refractivity (Wildman–Crippen MR) is 109 cm³/mol. The number of alkyl halides is 3. The van der Waals surface area contributed by atoms with E-state index in [1.807, 2.05) is 0 Å². The molecule has 0 aromatic heterocycles. The van der Waals surface area contributed by atoms with E-state index in [9.17, 15) is 36.7 Å². The summed E-state index contributed by atoms with van der Waals surface area (Å²) >= 11 is 0. The monoisotopic (exact) mass is 487 g/mol. The number of ether oxygens (including phenoxy) is 2. The van der Waals surface area contributed by atoms with Crippen LogP contribution in [0, 0.1) is 5.82 Å². The number of carbonyl (C=O) groups is 4. The third kappa shape index (κ3) is 4.29. The minimum atomic E-state index is -4.92. The number of imide groups is 1. The van der Waals surface area contributed by atoms with Crippen molar-refractivity contribution in [2.24, 2.45) is 0 Å². The Morgan fingerprint density at radius 3 is 2.35 bits per heavy atom. The normalized spacial score (nSPS) is 17.5. The zero-order valence-electron chi connectivity index (χ0n) is 18.6. The SMILES string of the molecule is COC(=O)C(C)N1C(=O)C2(CC2)Oc2cc(F)c(N(C=O)C(=O)/C=C(\N(C)C)C(F)(F)F)cc21. The molecule has 2 aliphatic rings. The number of amides is 3. The van der Waals surface area contributed by atoms with E-state index < -0.39 is 52.8 Å². The minimum Gasteiger partial charge on any atom is -0.475 e. The Morgan fingerprint density at radius 2 is 1.88 bits per heavy atom. The van der Waals surface area contributed by atoms with Gasteiger partial charge in [-0.15, -0.1) is 0 Å². The summed E-state index contributed by atoms with van der Waals surface area (Å²) in [6, 6.07) is 0.514. The lowest BCUT2D eigenvalue weighted by Gasteiger charge is -2.37. The van der Waals surface area contributed by atoms with E-state index in [0.717, 1.165) is 38.2 Å². The van der Waals surface area contributed by atoms with Gasteiger partial charge < -0.3 is 14.4 Å². The molecule has 1 aliphatic carbocycles. The van der Waals surface area contributed by atoms with E-state index >= 15 is 0 Å². The molecule has 34 heavy (non-hydrogen) atoms. The first-order valence-electron chi connectivity index (χ1n) is 9.96. The molecule has 3 amide bonds. The van der Waals surface area contributed by atoms with Gasteiger partial charge in [-0.3, -0.25) is 19.3 Å². The molecule has 0 bridgehead atoms. The van der Waals surface area contributed by atoms with Gasteiger partial charge in [-0.05, 0) is 13.0 Å². The molecule has 0 N–H and O–H groups in total. The van der Waals surface area contributed by atoms with Crippen molar-refractivity contribution in [3.8, 4) is 5.75 Å². The highest BCUT2D eigenvalue weighted by Crippen LogP contribution is 2.51. The lowest BCUT2D eigenvalue weighted by Crippen LogP contribution is -2.54. The summed E-state index contributed by atoms with van der Waals surface area (Å²) in [5.41, 5.74) is -3.53. The van der Waals surface area contributed by atoms with Crippen molar-refractivity contribution in [2.75, 3.05) is 31.0 Å². The molecule has 1 fully saturated rings. The second kappa shape index (κ2) is 8.61. The van der Waals surface area contributed by atoms with E-state index in [2.05, 4.69) is 4.74 Å². The Kier molecular flexibility index (Phi) is 6.33. The number of fused-ring (bicyclic) bond motifs is 1. The van der Waals surface area contributed by atoms with Crippen LogP contribution in [0.3, 0.4) is 0 Å². The van der Waals surface area contributed by atoms with Crippen molar-refractivity contribution in [1.82, 2.24) is 4.90 Å². The van der Waals surface area contributed by atoms with Crippen LogP contribution in [-0.2, 0) is 23.9 Å². The lowest BCUT2D eigenvalue weighted by atomic mass is 10.1. The van der Waals surface area contributed by atoms with Gasteiger partial charge in [0.2, 0.25) is 6.41 Å². The number of benzene rings is 1. The van der Waals surface area contributed by atoms with Crippen LogP contribution in [0.2, 0.25) is 0 Å². The van der Waals surface area contributed by atoms with Gasteiger partial charge in [-0.2, -0.15) is 13.2 Å². The van der Waals surface area contributed by atoms with Crippen LogP contribution in [0.15, 0.2) is 23.9 Å². The topological polar surface area (TPSA) is 96.5 Å². The van der Waals surface area contributed by atoms with Crippen molar-refractivity contribution < 1.29 is 46.2 Å². The summed E-state index contributed by atoms with van der Waals surface area (Å²) in [4.78, 5) is 51.1. The summed E-state index contributed by atoms with van der Waals surface area (Å²) < 4.78 is 65.0. The summed E-state index contributed by atoms with van der Waals surface area (Å²) in [7, 11) is 3.19. The summed E-state index contributed by atoms with van der Waals surface area (Å²) in [6.07, 6.45) is -4.28. The molecule has 1 aromatic rings.